The maximum absolute atomic E-state index is 13.5. The van der Waals surface area contributed by atoms with Crippen LogP contribution in [0.15, 0.2) is 48.5 Å². The molecule has 0 spiro atoms. The van der Waals surface area contributed by atoms with E-state index in [1.54, 1.807) is 24.3 Å². The molecular formula is C29H35N7O3. The third-order valence-electron chi connectivity index (χ3n) is 7.65. The Morgan fingerprint density at radius 3 is 2.36 bits per heavy atom. The lowest BCUT2D eigenvalue weighted by Gasteiger charge is -2.37. The molecule has 10 heteroatoms. The topological polar surface area (TPSA) is 122 Å². The largest absolute Gasteiger partial charge is 0.338 e. The van der Waals surface area contributed by atoms with Crippen molar-refractivity contribution < 1.29 is 14.4 Å². The number of likely N-dealkylation sites (tertiary alicyclic amines) is 1. The van der Waals surface area contributed by atoms with E-state index in [0.29, 0.717) is 29.3 Å². The molecule has 0 unspecified atom stereocenters. The summed E-state index contributed by atoms with van der Waals surface area (Å²) in [6.07, 6.45) is 1.77. The summed E-state index contributed by atoms with van der Waals surface area (Å²) >= 11 is 0. The lowest BCUT2D eigenvalue weighted by Crippen LogP contribution is -2.46. The van der Waals surface area contributed by atoms with Crippen molar-refractivity contribution in [3.05, 3.63) is 65.4 Å². The highest BCUT2D eigenvalue weighted by molar-refractivity contribution is 6.05. The molecule has 1 saturated heterocycles. The molecule has 2 aliphatic heterocycles. The van der Waals surface area contributed by atoms with E-state index in [2.05, 4.69) is 51.9 Å². The average molecular weight is 530 g/mol. The van der Waals surface area contributed by atoms with Crippen LogP contribution in [0.2, 0.25) is 0 Å². The molecular weight excluding hydrogens is 494 g/mol. The Labute approximate surface area is 228 Å². The number of hydrogen-bond acceptors (Lipinski definition) is 6. The van der Waals surface area contributed by atoms with E-state index in [-0.39, 0.29) is 23.6 Å². The molecule has 3 amide bonds. The van der Waals surface area contributed by atoms with Gasteiger partial charge in [0.2, 0.25) is 11.8 Å². The number of carbonyl (C=O) groups excluding carboxylic acids is 3. The fourth-order valence-corrected chi connectivity index (χ4v) is 5.37. The molecule has 0 bridgehead atoms. The van der Waals surface area contributed by atoms with Crippen LogP contribution < -0.4 is 16.0 Å². The summed E-state index contributed by atoms with van der Waals surface area (Å²) in [6, 6.07) is 14.1. The number of benzene rings is 2. The number of fused-ring (bicyclic) bond motifs is 1. The number of aromatic nitrogens is 2. The van der Waals surface area contributed by atoms with Crippen LogP contribution in [0.5, 0.6) is 0 Å². The number of H-pyrrole nitrogens is 1. The summed E-state index contributed by atoms with van der Waals surface area (Å²) in [6.45, 7) is 7.95. The van der Waals surface area contributed by atoms with Crippen molar-refractivity contribution in [3.63, 3.8) is 0 Å². The Balaban J connectivity index is 1.27. The second kappa shape index (κ2) is 10.5. The summed E-state index contributed by atoms with van der Waals surface area (Å²) < 4.78 is 0. The minimum atomic E-state index is -0.478. The number of anilines is 4. The lowest BCUT2D eigenvalue weighted by atomic mass is 9.93. The van der Waals surface area contributed by atoms with Gasteiger partial charge in [-0.1, -0.05) is 6.07 Å². The maximum atomic E-state index is 13.5. The molecule has 2 aromatic carbocycles. The lowest BCUT2D eigenvalue weighted by molar-refractivity contribution is -0.142. The maximum Gasteiger partial charge on any atom is 0.255 e. The van der Waals surface area contributed by atoms with Crippen LogP contribution in [0.25, 0.3) is 0 Å². The smallest absolute Gasteiger partial charge is 0.255 e. The van der Waals surface area contributed by atoms with Gasteiger partial charge in [-0.05, 0) is 89.3 Å². The van der Waals surface area contributed by atoms with Crippen LogP contribution in [-0.2, 0) is 21.7 Å². The van der Waals surface area contributed by atoms with Crippen LogP contribution in [-0.4, -0.2) is 57.9 Å². The minimum absolute atomic E-state index is 0.0516. The first kappa shape index (κ1) is 26.4. The van der Waals surface area contributed by atoms with Crippen molar-refractivity contribution in [2.75, 3.05) is 36.1 Å². The predicted molar refractivity (Wildman–Crippen MR) is 151 cm³/mol. The number of amides is 3. The van der Waals surface area contributed by atoms with Crippen LogP contribution in [0.1, 0.15) is 55.2 Å². The third kappa shape index (κ3) is 5.51. The number of carbonyl (C=O) groups is 3. The fourth-order valence-electron chi connectivity index (χ4n) is 5.37. The van der Waals surface area contributed by atoms with Crippen molar-refractivity contribution in [2.45, 2.75) is 45.7 Å². The van der Waals surface area contributed by atoms with Gasteiger partial charge in [0.05, 0.1) is 17.8 Å². The van der Waals surface area contributed by atoms with E-state index >= 15 is 0 Å². The first-order valence-electron chi connectivity index (χ1n) is 13.3. The van der Waals surface area contributed by atoms with E-state index in [0.717, 1.165) is 42.9 Å². The SMILES string of the molecule is CC(=O)Nc1ccc(C(=O)Nc2cccc(Nc3n[nH]c4c3CN(C(=O)C3CCN(C)CC3)C4(C)C)c2)cc1. The number of nitrogens with zero attached hydrogens (tertiary/aromatic N) is 3. The van der Waals surface area contributed by atoms with E-state index in [4.69, 9.17) is 0 Å². The number of rotatable bonds is 6. The molecule has 0 saturated carbocycles. The fraction of sp³-hybridized carbons (Fsp3) is 0.379. The van der Waals surface area contributed by atoms with E-state index in [1.807, 2.05) is 29.2 Å². The number of aromatic amines is 1. The summed E-state index contributed by atoms with van der Waals surface area (Å²) in [5.74, 6) is 0.509. The molecule has 1 fully saturated rings. The quantitative estimate of drug-likeness (QED) is 0.378. The molecule has 0 atom stereocenters. The van der Waals surface area contributed by atoms with Crippen molar-refractivity contribution in [2.24, 2.45) is 5.92 Å². The second-order valence-electron chi connectivity index (χ2n) is 10.9. The van der Waals surface area contributed by atoms with Gasteiger partial charge >= 0.3 is 0 Å². The average Bonchev–Trinajstić information content (AvgIpc) is 3.42. The van der Waals surface area contributed by atoms with Gasteiger partial charge < -0.3 is 25.8 Å². The number of hydrogen-bond donors (Lipinski definition) is 4. The van der Waals surface area contributed by atoms with E-state index in [9.17, 15) is 14.4 Å². The van der Waals surface area contributed by atoms with E-state index < -0.39 is 5.54 Å². The Bertz CT molecular complexity index is 1390. The minimum Gasteiger partial charge on any atom is -0.338 e. The van der Waals surface area contributed by atoms with Gasteiger partial charge in [0.25, 0.3) is 5.91 Å². The monoisotopic (exact) mass is 529 g/mol. The Hall–Kier alpha value is -4.18. The van der Waals surface area contributed by atoms with Gasteiger partial charge in [0.1, 0.15) is 0 Å². The molecule has 1 aromatic heterocycles. The zero-order valence-corrected chi connectivity index (χ0v) is 22.8. The predicted octanol–water partition coefficient (Wildman–Crippen LogP) is 4.28. The molecule has 204 valence electrons. The molecule has 3 aromatic rings. The molecule has 5 rings (SSSR count). The molecule has 0 aliphatic carbocycles. The molecule has 39 heavy (non-hydrogen) atoms. The molecule has 4 N–H and O–H groups in total. The van der Waals surface area contributed by atoms with E-state index in [1.165, 1.54) is 6.92 Å². The second-order valence-corrected chi connectivity index (χ2v) is 10.9. The van der Waals surface area contributed by atoms with Gasteiger partial charge in [-0.25, -0.2) is 0 Å². The highest BCUT2D eigenvalue weighted by atomic mass is 16.2. The zero-order valence-electron chi connectivity index (χ0n) is 22.8. The molecule has 3 heterocycles. The first-order valence-corrected chi connectivity index (χ1v) is 13.3. The van der Waals surface area contributed by atoms with Crippen LogP contribution >= 0.6 is 0 Å². The van der Waals surface area contributed by atoms with Gasteiger partial charge in [-0.3, -0.25) is 19.5 Å². The molecule has 0 radical (unpaired) electrons. The highest BCUT2D eigenvalue weighted by Crippen LogP contribution is 2.42. The number of piperidine rings is 1. The van der Waals surface area contributed by atoms with Crippen LogP contribution in [0, 0.1) is 5.92 Å². The van der Waals surface area contributed by atoms with Crippen LogP contribution in [0.4, 0.5) is 22.9 Å². The van der Waals surface area contributed by atoms with Gasteiger partial charge in [-0.15, -0.1) is 0 Å². The number of nitrogens with one attached hydrogen (secondary N) is 4. The summed E-state index contributed by atoms with van der Waals surface area (Å²) in [5.41, 5.74) is 3.95. The molecule has 10 nitrogen and oxygen atoms in total. The molecule has 2 aliphatic rings. The zero-order chi connectivity index (χ0) is 27.7. The van der Waals surface area contributed by atoms with Crippen molar-refractivity contribution in [3.8, 4) is 0 Å². The van der Waals surface area contributed by atoms with Gasteiger partial charge in [0.15, 0.2) is 5.82 Å². The van der Waals surface area contributed by atoms with Crippen LogP contribution in [0.3, 0.4) is 0 Å². The summed E-state index contributed by atoms with van der Waals surface area (Å²) in [7, 11) is 2.10. The normalized spacial score (nSPS) is 17.0. The standard InChI is InChI=1S/C29H35N7O3/c1-18(37)30-21-10-8-19(9-11-21)27(38)32-23-7-5-6-22(16-23)31-26-24-17-36(29(2,3)25(24)33-34-26)28(39)20-12-14-35(4)15-13-20/h5-11,16,20H,12-15,17H2,1-4H3,(H,30,37)(H,32,38)(H2,31,33,34). The summed E-state index contributed by atoms with van der Waals surface area (Å²) in [4.78, 5) is 41.7. The Morgan fingerprint density at radius 1 is 0.974 bits per heavy atom. The van der Waals surface area contributed by atoms with Crippen molar-refractivity contribution >= 4 is 40.6 Å². The Kier molecular flexibility index (Phi) is 7.14. The van der Waals surface area contributed by atoms with Crippen molar-refractivity contribution in [1.82, 2.24) is 20.0 Å². The highest BCUT2D eigenvalue weighted by Gasteiger charge is 2.45. The van der Waals surface area contributed by atoms with Gasteiger partial charge in [0, 0.05) is 41.0 Å². The van der Waals surface area contributed by atoms with Crippen molar-refractivity contribution in [1.29, 1.82) is 0 Å². The first-order chi connectivity index (χ1) is 18.6. The third-order valence-corrected chi connectivity index (χ3v) is 7.65. The Morgan fingerprint density at radius 2 is 1.67 bits per heavy atom. The summed E-state index contributed by atoms with van der Waals surface area (Å²) in [5, 5.41) is 16.6. The van der Waals surface area contributed by atoms with Gasteiger partial charge in [-0.2, -0.15) is 5.10 Å².